The van der Waals surface area contributed by atoms with Gasteiger partial charge in [0.1, 0.15) is 5.76 Å². The molecule has 0 bridgehead atoms. The molecule has 0 aliphatic carbocycles. The van der Waals surface area contributed by atoms with Gasteiger partial charge in [0.15, 0.2) is 5.11 Å². The Bertz CT molecular complexity index is 522. The predicted molar refractivity (Wildman–Crippen MR) is 77.7 cm³/mol. The summed E-state index contributed by atoms with van der Waals surface area (Å²) < 4.78 is 5.32. The first kappa shape index (κ1) is 12.6. The maximum absolute atomic E-state index is 5.32. The van der Waals surface area contributed by atoms with Crippen molar-refractivity contribution in [2.75, 3.05) is 5.32 Å². The van der Waals surface area contributed by atoms with Crippen LogP contribution >= 0.6 is 12.2 Å². The van der Waals surface area contributed by atoms with Gasteiger partial charge in [-0.05, 0) is 49.8 Å². The summed E-state index contributed by atoms with van der Waals surface area (Å²) in [4.78, 5) is 0. The lowest BCUT2D eigenvalue weighted by molar-refractivity contribution is 0.464. The standard InChI is InChI=1S/C14H16N2OS/c1-10-6-3-4-7-12(10)16-14(18)15-11(2)13-8-5-9-17-13/h3-9,11H,1-2H3,(H2,15,16,18)/t11-/m0/s1. The van der Waals surface area contributed by atoms with Gasteiger partial charge in [0.2, 0.25) is 0 Å². The molecule has 0 amide bonds. The summed E-state index contributed by atoms with van der Waals surface area (Å²) in [5.74, 6) is 0.865. The Morgan fingerprint density at radius 3 is 2.67 bits per heavy atom. The van der Waals surface area contributed by atoms with Crippen molar-refractivity contribution in [2.45, 2.75) is 19.9 Å². The van der Waals surface area contributed by atoms with Crippen LogP contribution in [0.5, 0.6) is 0 Å². The van der Waals surface area contributed by atoms with Gasteiger partial charge in [0.05, 0.1) is 12.3 Å². The van der Waals surface area contributed by atoms with Crippen molar-refractivity contribution in [3.05, 3.63) is 54.0 Å². The van der Waals surface area contributed by atoms with Crippen LogP contribution in [0.1, 0.15) is 24.3 Å². The fourth-order valence-electron chi connectivity index (χ4n) is 1.68. The molecule has 2 N–H and O–H groups in total. The Morgan fingerprint density at radius 2 is 2.00 bits per heavy atom. The molecule has 2 aromatic rings. The molecule has 0 unspecified atom stereocenters. The number of nitrogens with one attached hydrogen (secondary N) is 2. The number of benzene rings is 1. The summed E-state index contributed by atoms with van der Waals surface area (Å²) in [5.41, 5.74) is 2.17. The number of rotatable bonds is 3. The van der Waals surface area contributed by atoms with E-state index in [1.165, 1.54) is 0 Å². The van der Waals surface area contributed by atoms with Gasteiger partial charge < -0.3 is 15.1 Å². The summed E-state index contributed by atoms with van der Waals surface area (Å²) >= 11 is 5.28. The minimum absolute atomic E-state index is 0.0454. The number of furan rings is 1. The summed E-state index contributed by atoms with van der Waals surface area (Å²) in [6, 6.07) is 11.9. The molecular weight excluding hydrogens is 244 g/mol. The zero-order valence-electron chi connectivity index (χ0n) is 10.4. The highest BCUT2D eigenvalue weighted by Crippen LogP contribution is 2.15. The third-order valence-corrected chi connectivity index (χ3v) is 2.93. The number of hydrogen-bond donors (Lipinski definition) is 2. The zero-order chi connectivity index (χ0) is 13.0. The van der Waals surface area contributed by atoms with E-state index in [0.29, 0.717) is 5.11 Å². The SMILES string of the molecule is Cc1ccccc1NC(=S)N[C@@H](C)c1ccco1. The predicted octanol–water partition coefficient (Wildman–Crippen LogP) is 3.64. The third-order valence-electron chi connectivity index (χ3n) is 2.71. The number of thiocarbonyl (C=S) groups is 1. The molecule has 0 aliphatic rings. The fourth-order valence-corrected chi connectivity index (χ4v) is 1.96. The molecule has 1 atom stereocenters. The van der Waals surface area contributed by atoms with Gasteiger partial charge >= 0.3 is 0 Å². The molecule has 2 rings (SSSR count). The van der Waals surface area contributed by atoms with Crippen LogP contribution in [0.2, 0.25) is 0 Å². The first-order valence-electron chi connectivity index (χ1n) is 5.83. The highest BCUT2D eigenvalue weighted by molar-refractivity contribution is 7.80. The van der Waals surface area contributed by atoms with E-state index in [4.69, 9.17) is 16.6 Å². The molecule has 1 heterocycles. The van der Waals surface area contributed by atoms with E-state index in [1.54, 1.807) is 6.26 Å². The number of aryl methyl sites for hydroxylation is 1. The van der Waals surface area contributed by atoms with Gasteiger partial charge in [-0.1, -0.05) is 18.2 Å². The van der Waals surface area contributed by atoms with Crippen molar-refractivity contribution in [1.29, 1.82) is 0 Å². The van der Waals surface area contributed by atoms with Gasteiger partial charge in [-0.3, -0.25) is 0 Å². The third kappa shape index (κ3) is 3.11. The molecule has 0 aliphatic heterocycles. The maximum Gasteiger partial charge on any atom is 0.171 e. The van der Waals surface area contributed by atoms with E-state index >= 15 is 0 Å². The lowest BCUT2D eigenvalue weighted by Crippen LogP contribution is -2.30. The van der Waals surface area contributed by atoms with Crippen LogP contribution in [0.15, 0.2) is 47.1 Å². The van der Waals surface area contributed by atoms with Crippen LogP contribution < -0.4 is 10.6 Å². The lowest BCUT2D eigenvalue weighted by atomic mass is 10.2. The summed E-state index contributed by atoms with van der Waals surface area (Å²) in [7, 11) is 0. The molecule has 1 aromatic carbocycles. The second-order valence-electron chi connectivity index (χ2n) is 4.15. The van der Waals surface area contributed by atoms with Crippen LogP contribution in [-0.2, 0) is 0 Å². The average molecular weight is 260 g/mol. The molecule has 94 valence electrons. The van der Waals surface area contributed by atoms with E-state index < -0.39 is 0 Å². The molecular formula is C14H16N2OS. The molecule has 1 aromatic heterocycles. The van der Waals surface area contributed by atoms with Crippen LogP contribution in [-0.4, -0.2) is 5.11 Å². The quantitative estimate of drug-likeness (QED) is 0.826. The molecule has 0 fully saturated rings. The van der Waals surface area contributed by atoms with Crippen molar-refractivity contribution < 1.29 is 4.42 Å². The first-order valence-corrected chi connectivity index (χ1v) is 6.24. The minimum atomic E-state index is 0.0454. The number of hydrogen-bond acceptors (Lipinski definition) is 2. The molecule has 0 saturated carbocycles. The molecule has 0 radical (unpaired) electrons. The van der Waals surface area contributed by atoms with E-state index in [2.05, 4.69) is 10.6 Å². The van der Waals surface area contributed by atoms with E-state index in [9.17, 15) is 0 Å². The average Bonchev–Trinajstić information content (AvgIpc) is 2.85. The second kappa shape index (κ2) is 5.69. The Hall–Kier alpha value is -1.81. The Labute approximate surface area is 112 Å². The number of anilines is 1. The molecule has 3 nitrogen and oxygen atoms in total. The van der Waals surface area contributed by atoms with Gasteiger partial charge in [-0.25, -0.2) is 0 Å². The van der Waals surface area contributed by atoms with Gasteiger partial charge in [0, 0.05) is 5.69 Å². The molecule has 18 heavy (non-hydrogen) atoms. The van der Waals surface area contributed by atoms with E-state index in [1.807, 2.05) is 50.2 Å². The Kier molecular flexibility index (Phi) is 3.99. The topological polar surface area (TPSA) is 37.2 Å². The summed E-state index contributed by atoms with van der Waals surface area (Å²) in [6.45, 7) is 4.05. The van der Waals surface area contributed by atoms with Crippen LogP contribution in [0.3, 0.4) is 0 Å². The molecule has 0 saturated heterocycles. The highest BCUT2D eigenvalue weighted by Gasteiger charge is 2.09. The zero-order valence-corrected chi connectivity index (χ0v) is 11.3. The van der Waals surface area contributed by atoms with Crippen molar-refractivity contribution in [3.8, 4) is 0 Å². The number of para-hydroxylation sites is 1. The fraction of sp³-hybridized carbons (Fsp3) is 0.214. The second-order valence-corrected chi connectivity index (χ2v) is 4.56. The maximum atomic E-state index is 5.32. The van der Waals surface area contributed by atoms with Crippen LogP contribution in [0.4, 0.5) is 5.69 Å². The summed E-state index contributed by atoms with van der Waals surface area (Å²) in [6.07, 6.45) is 1.66. The van der Waals surface area contributed by atoms with E-state index in [0.717, 1.165) is 17.0 Å². The van der Waals surface area contributed by atoms with Gasteiger partial charge in [0.25, 0.3) is 0 Å². The van der Waals surface area contributed by atoms with Crippen molar-refractivity contribution in [2.24, 2.45) is 0 Å². The smallest absolute Gasteiger partial charge is 0.171 e. The van der Waals surface area contributed by atoms with Gasteiger partial charge in [-0.15, -0.1) is 0 Å². The molecule has 0 spiro atoms. The molecule has 4 heteroatoms. The Morgan fingerprint density at radius 1 is 1.22 bits per heavy atom. The highest BCUT2D eigenvalue weighted by atomic mass is 32.1. The van der Waals surface area contributed by atoms with Crippen LogP contribution in [0.25, 0.3) is 0 Å². The van der Waals surface area contributed by atoms with Crippen molar-refractivity contribution in [1.82, 2.24) is 5.32 Å². The van der Waals surface area contributed by atoms with Crippen LogP contribution in [0, 0.1) is 6.92 Å². The van der Waals surface area contributed by atoms with Crippen molar-refractivity contribution >= 4 is 23.0 Å². The normalized spacial score (nSPS) is 11.9. The Balaban J connectivity index is 1.95. The summed E-state index contributed by atoms with van der Waals surface area (Å²) in [5, 5.41) is 6.96. The lowest BCUT2D eigenvalue weighted by Gasteiger charge is -2.16. The first-order chi connectivity index (χ1) is 8.66. The monoisotopic (exact) mass is 260 g/mol. The largest absolute Gasteiger partial charge is 0.467 e. The van der Waals surface area contributed by atoms with E-state index in [-0.39, 0.29) is 6.04 Å². The van der Waals surface area contributed by atoms with Crippen molar-refractivity contribution in [3.63, 3.8) is 0 Å². The van der Waals surface area contributed by atoms with Gasteiger partial charge in [-0.2, -0.15) is 0 Å². The minimum Gasteiger partial charge on any atom is -0.467 e.